The van der Waals surface area contributed by atoms with Crippen LogP contribution >= 0.6 is 0 Å². The Morgan fingerprint density at radius 2 is 1.72 bits per heavy atom. The second kappa shape index (κ2) is 9.90. The van der Waals surface area contributed by atoms with Crippen molar-refractivity contribution in [2.45, 2.75) is 71.3 Å². The lowest BCUT2D eigenvalue weighted by Gasteiger charge is -2.37. The fourth-order valence-electron chi connectivity index (χ4n) is 6.34. The molecule has 1 saturated carbocycles. The van der Waals surface area contributed by atoms with Gasteiger partial charge in [0.2, 0.25) is 5.91 Å². The topological polar surface area (TPSA) is 29.1 Å². The molecule has 1 N–H and O–H groups in total. The summed E-state index contributed by atoms with van der Waals surface area (Å²) in [6.07, 6.45) is 9.35. The highest BCUT2D eigenvalue weighted by Gasteiger charge is 2.57. The van der Waals surface area contributed by atoms with E-state index in [9.17, 15) is 4.79 Å². The molecule has 32 heavy (non-hydrogen) atoms. The van der Waals surface area contributed by atoms with Crippen LogP contribution in [0.1, 0.15) is 76.3 Å². The maximum atomic E-state index is 12.1. The molecule has 0 spiro atoms. The number of carbonyl (C=O) groups is 1. The van der Waals surface area contributed by atoms with E-state index in [-0.39, 0.29) is 17.4 Å². The zero-order chi connectivity index (χ0) is 22.6. The van der Waals surface area contributed by atoms with Gasteiger partial charge in [-0.15, -0.1) is 0 Å². The molecule has 1 unspecified atom stereocenters. The molecule has 0 radical (unpaired) electrons. The summed E-state index contributed by atoms with van der Waals surface area (Å²) in [4.78, 5) is 12.1. The standard InChI is InChI=1S/C30H37NO/c1-4-5-6-9-18-26-21-27-28(31-23(3)32)19-20-30(27,22(2)24-14-10-7-11-15-24)29(26)25-16-12-8-13-17-25/h7-8,10-17,27-28H,2,4-6,9,18-21H2,1,3H3,(H,31,32)/t27?,28-,30-/m0/s1. The van der Waals surface area contributed by atoms with Crippen LogP contribution in [0.15, 0.2) is 72.8 Å². The smallest absolute Gasteiger partial charge is 0.217 e. The number of rotatable bonds is 9. The highest BCUT2D eigenvalue weighted by atomic mass is 16.1. The van der Waals surface area contributed by atoms with Crippen molar-refractivity contribution in [3.63, 3.8) is 0 Å². The Balaban J connectivity index is 1.81. The molecule has 2 nitrogen and oxygen atoms in total. The minimum atomic E-state index is -0.115. The van der Waals surface area contributed by atoms with Gasteiger partial charge in [0.15, 0.2) is 0 Å². The molecule has 1 fully saturated rings. The van der Waals surface area contributed by atoms with Gasteiger partial charge in [-0.1, -0.05) is 99.0 Å². The van der Waals surface area contributed by atoms with Crippen LogP contribution in [0.4, 0.5) is 0 Å². The van der Waals surface area contributed by atoms with Crippen LogP contribution in [0.3, 0.4) is 0 Å². The van der Waals surface area contributed by atoms with Crippen molar-refractivity contribution in [1.29, 1.82) is 0 Å². The molecule has 0 aliphatic heterocycles. The van der Waals surface area contributed by atoms with Crippen LogP contribution in [0, 0.1) is 11.3 Å². The molecule has 0 bridgehead atoms. The van der Waals surface area contributed by atoms with Gasteiger partial charge in [-0.25, -0.2) is 0 Å². The van der Waals surface area contributed by atoms with E-state index >= 15 is 0 Å². The zero-order valence-electron chi connectivity index (χ0n) is 19.7. The molecule has 3 atom stereocenters. The SMILES string of the molecule is C=C(c1ccccc1)[C@@]12CC[C@H](NC(C)=O)C1CC(CCCCCC)=C2c1ccccc1. The van der Waals surface area contributed by atoms with Gasteiger partial charge in [-0.05, 0) is 60.3 Å². The average molecular weight is 428 g/mol. The van der Waals surface area contributed by atoms with Crippen LogP contribution in [0.25, 0.3) is 11.1 Å². The van der Waals surface area contributed by atoms with E-state index in [2.05, 4.69) is 72.9 Å². The molecule has 2 heteroatoms. The largest absolute Gasteiger partial charge is 0.353 e. The van der Waals surface area contributed by atoms with Crippen molar-refractivity contribution in [2.24, 2.45) is 11.3 Å². The fourth-order valence-corrected chi connectivity index (χ4v) is 6.34. The Hall–Kier alpha value is -2.61. The summed E-state index contributed by atoms with van der Waals surface area (Å²) >= 11 is 0. The minimum absolute atomic E-state index is 0.0776. The van der Waals surface area contributed by atoms with Gasteiger partial charge in [-0.2, -0.15) is 0 Å². The number of allylic oxidation sites excluding steroid dienone is 3. The van der Waals surface area contributed by atoms with E-state index in [1.807, 2.05) is 0 Å². The van der Waals surface area contributed by atoms with Crippen LogP contribution in [-0.4, -0.2) is 11.9 Å². The van der Waals surface area contributed by atoms with E-state index in [0.29, 0.717) is 5.92 Å². The lowest BCUT2D eigenvalue weighted by atomic mass is 9.66. The van der Waals surface area contributed by atoms with Crippen LogP contribution < -0.4 is 5.32 Å². The molecular weight excluding hydrogens is 390 g/mol. The monoisotopic (exact) mass is 427 g/mol. The van der Waals surface area contributed by atoms with Gasteiger partial charge < -0.3 is 5.32 Å². The van der Waals surface area contributed by atoms with Gasteiger partial charge in [0.05, 0.1) is 0 Å². The molecule has 2 aliphatic carbocycles. The molecule has 2 aromatic carbocycles. The summed E-state index contributed by atoms with van der Waals surface area (Å²) in [5.74, 6) is 0.448. The highest BCUT2D eigenvalue weighted by molar-refractivity contribution is 5.90. The number of fused-ring (bicyclic) bond motifs is 1. The summed E-state index contributed by atoms with van der Waals surface area (Å²) in [6.45, 7) is 8.65. The molecule has 2 aromatic rings. The summed E-state index contributed by atoms with van der Waals surface area (Å²) < 4.78 is 0. The number of hydrogen-bond donors (Lipinski definition) is 1. The maximum absolute atomic E-state index is 12.1. The lowest BCUT2D eigenvalue weighted by Crippen LogP contribution is -2.39. The van der Waals surface area contributed by atoms with Crippen molar-refractivity contribution in [3.8, 4) is 0 Å². The second-order valence-corrected chi connectivity index (χ2v) is 9.63. The Kier molecular flexibility index (Phi) is 6.98. The first kappa shape index (κ1) is 22.6. The van der Waals surface area contributed by atoms with E-state index in [4.69, 9.17) is 6.58 Å². The highest BCUT2D eigenvalue weighted by Crippen LogP contribution is 2.66. The Labute approximate surface area is 193 Å². The molecule has 1 amide bonds. The third kappa shape index (κ3) is 4.20. The van der Waals surface area contributed by atoms with Crippen molar-refractivity contribution >= 4 is 17.1 Å². The lowest BCUT2D eigenvalue weighted by molar-refractivity contribution is -0.119. The Morgan fingerprint density at radius 1 is 1.03 bits per heavy atom. The quantitative estimate of drug-likeness (QED) is 0.414. The van der Waals surface area contributed by atoms with Crippen LogP contribution in [0.5, 0.6) is 0 Å². The first-order chi connectivity index (χ1) is 15.6. The molecule has 168 valence electrons. The normalized spacial score (nSPS) is 24.4. The predicted molar refractivity (Wildman–Crippen MR) is 135 cm³/mol. The third-order valence-corrected chi connectivity index (χ3v) is 7.68. The fraction of sp³-hybridized carbons (Fsp3) is 0.433. The summed E-state index contributed by atoms with van der Waals surface area (Å²) in [5, 5.41) is 3.31. The van der Waals surface area contributed by atoms with Gasteiger partial charge in [0.25, 0.3) is 0 Å². The maximum Gasteiger partial charge on any atom is 0.217 e. The zero-order valence-corrected chi connectivity index (χ0v) is 19.7. The summed E-state index contributed by atoms with van der Waals surface area (Å²) in [6, 6.07) is 21.9. The number of hydrogen-bond acceptors (Lipinski definition) is 1. The second-order valence-electron chi connectivity index (χ2n) is 9.63. The summed E-state index contributed by atoms with van der Waals surface area (Å²) in [7, 11) is 0. The molecule has 4 rings (SSSR count). The van der Waals surface area contributed by atoms with Crippen LogP contribution in [0.2, 0.25) is 0 Å². The first-order valence-corrected chi connectivity index (χ1v) is 12.4. The van der Waals surface area contributed by atoms with E-state index in [0.717, 1.165) is 25.7 Å². The van der Waals surface area contributed by atoms with Crippen molar-refractivity contribution in [1.82, 2.24) is 5.32 Å². The third-order valence-electron chi connectivity index (χ3n) is 7.68. The molecule has 2 aliphatic rings. The Morgan fingerprint density at radius 3 is 2.38 bits per heavy atom. The van der Waals surface area contributed by atoms with Crippen molar-refractivity contribution in [2.75, 3.05) is 0 Å². The number of carbonyl (C=O) groups excluding carboxylic acids is 1. The first-order valence-electron chi connectivity index (χ1n) is 12.4. The number of nitrogens with one attached hydrogen (secondary N) is 1. The van der Waals surface area contributed by atoms with E-state index in [1.54, 1.807) is 12.5 Å². The molecular formula is C30H37NO. The number of benzene rings is 2. The van der Waals surface area contributed by atoms with Crippen molar-refractivity contribution < 1.29 is 4.79 Å². The molecule has 0 aromatic heterocycles. The molecule has 0 heterocycles. The van der Waals surface area contributed by atoms with Gasteiger partial charge in [-0.3, -0.25) is 4.79 Å². The van der Waals surface area contributed by atoms with E-state index in [1.165, 1.54) is 48.0 Å². The average Bonchev–Trinajstić information content (AvgIpc) is 3.32. The number of unbranched alkanes of at least 4 members (excludes halogenated alkanes) is 3. The Bertz CT molecular complexity index is 974. The van der Waals surface area contributed by atoms with Gasteiger partial charge in [0, 0.05) is 18.4 Å². The molecule has 0 saturated heterocycles. The summed E-state index contributed by atoms with van der Waals surface area (Å²) in [5.41, 5.74) is 6.75. The number of amides is 1. The minimum Gasteiger partial charge on any atom is -0.353 e. The van der Waals surface area contributed by atoms with Crippen LogP contribution in [-0.2, 0) is 4.79 Å². The van der Waals surface area contributed by atoms with Gasteiger partial charge in [0.1, 0.15) is 0 Å². The van der Waals surface area contributed by atoms with Gasteiger partial charge >= 0.3 is 0 Å². The van der Waals surface area contributed by atoms with E-state index < -0.39 is 0 Å². The van der Waals surface area contributed by atoms with Crippen molar-refractivity contribution in [3.05, 3.63) is 83.9 Å². The predicted octanol–water partition coefficient (Wildman–Crippen LogP) is 7.43.